The fourth-order valence-electron chi connectivity index (χ4n) is 3.03. The van der Waals surface area contributed by atoms with Gasteiger partial charge in [-0.15, -0.1) is 0 Å². The van der Waals surface area contributed by atoms with Crippen molar-refractivity contribution in [1.82, 2.24) is 0 Å². The fourth-order valence-corrected chi connectivity index (χ4v) is 3.03. The van der Waals surface area contributed by atoms with Gasteiger partial charge in [-0.3, -0.25) is 9.59 Å². The molecule has 0 heterocycles. The largest absolute Gasteiger partial charge is 0.325 e. The maximum absolute atomic E-state index is 12.7. The van der Waals surface area contributed by atoms with Crippen LogP contribution >= 0.6 is 0 Å². The minimum absolute atomic E-state index is 0.0170. The SMILES string of the molecule is CC(=O)C1(C(=O)Nc2ccc(C)cc2)CC1c1ccccc1. The average Bonchev–Trinajstić information content (AvgIpc) is 3.27. The Morgan fingerprint density at radius 3 is 2.27 bits per heavy atom. The first-order chi connectivity index (χ1) is 10.5. The van der Waals surface area contributed by atoms with E-state index in [0.29, 0.717) is 6.42 Å². The Morgan fingerprint density at radius 1 is 1.05 bits per heavy atom. The third-order valence-corrected chi connectivity index (χ3v) is 4.51. The molecule has 3 nitrogen and oxygen atoms in total. The Balaban J connectivity index is 1.82. The third kappa shape index (κ3) is 2.43. The number of Topliss-reactive ketones (excluding diaryl/α,β-unsaturated/α-hetero) is 1. The highest BCUT2D eigenvalue weighted by atomic mass is 16.2. The number of hydrogen-bond acceptors (Lipinski definition) is 2. The number of aryl methyl sites for hydroxylation is 1. The Kier molecular flexibility index (Phi) is 3.57. The van der Waals surface area contributed by atoms with Gasteiger partial charge in [-0.05, 0) is 38.0 Å². The molecule has 1 N–H and O–H groups in total. The fraction of sp³-hybridized carbons (Fsp3) is 0.263. The molecule has 0 aliphatic heterocycles. The summed E-state index contributed by atoms with van der Waals surface area (Å²) >= 11 is 0. The molecule has 2 atom stereocenters. The van der Waals surface area contributed by atoms with Gasteiger partial charge in [0.1, 0.15) is 11.2 Å². The smallest absolute Gasteiger partial charge is 0.238 e. The summed E-state index contributed by atoms with van der Waals surface area (Å²) in [6.07, 6.45) is 0.587. The van der Waals surface area contributed by atoms with Crippen LogP contribution < -0.4 is 5.32 Å². The summed E-state index contributed by atoms with van der Waals surface area (Å²) in [5.41, 5.74) is 2.01. The predicted octanol–water partition coefficient (Wildman–Crippen LogP) is 3.70. The van der Waals surface area contributed by atoms with E-state index in [1.165, 1.54) is 6.92 Å². The van der Waals surface area contributed by atoms with E-state index in [0.717, 1.165) is 16.8 Å². The zero-order valence-electron chi connectivity index (χ0n) is 12.8. The molecule has 1 amide bonds. The lowest BCUT2D eigenvalue weighted by Gasteiger charge is -2.15. The molecule has 3 rings (SSSR count). The van der Waals surface area contributed by atoms with E-state index < -0.39 is 5.41 Å². The summed E-state index contributed by atoms with van der Waals surface area (Å²) < 4.78 is 0. The topological polar surface area (TPSA) is 46.2 Å². The first kappa shape index (κ1) is 14.5. The van der Waals surface area contributed by atoms with E-state index in [9.17, 15) is 9.59 Å². The molecule has 1 fully saturated rings. The Hall–Kier alpha value is -2.42. The van der Waals surface area contributed by atoms with Crippen LogP contribution in [0.25, 0.3) is 0 Å². The zero-order valence-corrected chi connectivity index (χ0v) is 12.8. The normalized spacial score (nSPS) is 22.9. The molecular weight excluding hydrogens is 274 g/mol. The van der Waals surface area contributed by atoms with Crippen LogP contribution in [-0.4, -0.2) is 11.7 Å². The average molecular weight is 293 g/mol. The third-order valence-electron chi connectivity index (χ3n) is 4.51. The molecule has 2 unspecified atom stereocenters. The molecule has 112 valence electrons. The van der Waals surface area contributed by atoms with Crippen LogP contribution in [0.5, 0.6) is 0 Å². The highest BCUT2D eigenvalue weighted by Crippen LogP contribution is 2.60. The Bertz CT molecular complexity index is 706. The van der Waals surface area contributed by atoms with Crippen LogP contribution in [0.2, 0.25) is 0 Å². The Morgan fingerprint density at radius 2 is 1.68 bits per heavy atom. The van der Waals surface area contributed by atoms with Crippen LogP contribution in [0.1, 0.15) is 30.4 Å². The van der Waals surface area contributed by atoms with Crippen molar-refractivity contribution in [2.24, 2.45) is 5.41 Å². The van der Waals surface area contributed by atoms with Gasteiger partial charge in [-0.2, -0.15) is 0 Å². The molecule has 3 heteroatoms. The molecule has 0 spiro atoms. The van der Waals surface area contributed by atoms with Crippen molar-refractivity contribution in [2.75, 3.05) is 5.32 Å². The standard InChI is InChI=1S/C19H19NO2/c1-13-8-10-16(11-9-13)20-18(22)19(14(2)21)12-17(19)15-6-4-3-5-7-15/h3-11,17H,12H2,1-2H3,(H,20,22). The summed E-state index contributed by atoms with van der Waals surface area (Å²) in [7, 11) is 0. The van der Waals surface area contributed by atoms with Gasteiger partial charge in [0, 0.05) is 11.6 Å². The van der Waals surface area contributed by atoms with E-state index in [1.54, 1.807) is 0 Å². The van der Waals surface area contributed by atoms with Gasteiger partial charge in [-0.25, -0.2) is 0 Å². The number of hydrogen-bond donors (Lipinski definition) is 1. The second kappa shape index (κ2) is 5.41. The number of nitrogens with one attached hydrogen (secondary N) is 1. The van der Waals surface area contributed by atoms with Crippen molar-refractivity contribution in [2.45, 2.75) is 26.2 Å². The zero-order chi connectivity index (χ0) is 15.7. The van der Waals surface area contributed by atoms with Crippen LogP contribution in [0.3, 0.4) is 0 Å². The van der Waals surface area contributed by atoms with Gasteiger partial charge in [0.15, 0.2) is 0 Å². The van der Waals surface area contributed by atoms with Crippen molar-refractivity contribution in [3.63, 3.8) is 0 Å². The van der Waals surface area contributed by atoms with Crippen LogP contribution in [-0.2, 0) is 9.59 Å². The molecule has 0 saturated heterocycles. The highest BCUT2D eigenvalue weighted by molar-refractivity contribution is 6.14. The molecule has 22 heavy (non-hydrogen) atoms. The van der Waals surface area contributed by atoms with E-state index in [-0.39, 0.29) is 17.6 Å². The lowest BCUT2D eigenvalue weighted by molar-refractivity contribution is -0.131. The van der Waals surface area contributed by atoms with E-state index in [4.69, 9.17) is 0 Å². The van der Waals surface area contributed by atoms with Gasteiger partial charge in [0.25, 0.3) is 0 Å². The summed E-state index contributed by atoms with van der Waals surface area (Å²) in [5.74, 6) is -0.277. The monoisotopic (exact) mass is 293 g/mol. The molecular formula is C19H19NO2. The molecule has 0 aromatic heterocycles. The second-order valence-electron chi connectivity index (χ2n) is 6.02. The van der Waals surface area contributed by atoms with Crippen LogP contribution in [0, 0.1) is 12.3 Å². The summed E-state index contributed by atoms with van der Waals surface area (Å²) in [6, 6.07) is 17.4. The number of carbonyl (C=O) groups excluding carboxylic acids is 2. The van der Waals surface area contributed by atoms with E-state index in [1.807, 2.05) is 61.5 Å². The summed E-state index contributed by atoms with van der Waals surface area (Å²) in [4.78, 5) is 24.8. The van der Waals surface area contributed by atoms with E-state index in [2.05, 4.69) is 5.32 Å². The number of ketones is 1. The Labute approximate surface area is 130 Å². The minimum atomic E-state index is -0.910. The van der Waals surface area contributed by atoms with E-state index >= 15 is 0 Å². The molecule has 1 saturated carbocycles. The lowest BCUT2D eigenvalue weighted by atomic mass is 9.94. The van der Waals surface area contributed by atoms with Crippen molar-refractivity contribution >= 4 is 17.4 Å². The minimum Gasteiger partial charge on any atom is -0.325 e. The lowest BCUT2D eigenvalue weighted by Crippen LogP contribution is -2.31. The van der Waals surface area contributed by atoms with Crippen molar-refractivity contribution < 1.29 is 9.59 Å². The first-order valence-electron chi connectivity index (χ1n) is 7.48. The summed E-state index contributed by atoms with van der Waals surface area (Å²) in [6.45, 7) is 3.51. The highest BCUT2D eigenvalue weighted by Gasteiger charge is 2.64. The van der Waals surface area contributed by atoms with Crippen molar-refractivity contribution in [3.05, 3.63) is 65.7 Å². The molecule has 1 aliphatic carbocycles. The van der Waals surface area contributed by atoms with Gasteiger partial charge < -0.3 is 5.32 Å². The van der Waals surface area contributed by atoms with Crippen LogP contribution in [0.15, 0.2) is 54.6 Å². The quantitative estimate of drug-likeness (QED) is 0.874. The number of amides is 1. The first-order valence-corrected chi connectivity index (χ1v) is 7.48. The van der Waals surface area contributed by atoms with Crippen molar-refractivity contribution in [1.29, 1.82) is 0 Å². The molecule has 2 aromatic rings. The number of carbonyl (C=O) groups is 2. The number of anilines is 1. The number of rotatable bonds is 4. The predicted molar refractivity (Wildman–Crippen MR) is 86.7 cm³/mol. The molecule has 0 radical (unpaired) electrons. The van der Waals surface area contributed by atoms with Gasteiger partial charge in [-0.1, -0.05) is 48.0 Å². The maximum Gasteiger partial charge on any atom is 0.238 e. The van der Waals surface area contributed by atoms with Crippen LogP contribution in [0.4, 0.5) is 5.69 Å². The number of benzene rings is 2. The summed E-state index contributed by atoms with van der Waals surface area (Å²) in [5, 5.41) is 2.89. The van der Waals surface area contributed by atoms with Gasteiger partial charge >= 0.3 is 0 Å². The van der Waals surface area contributed by atoms with Gasteiger partial charge in [0.2, 0.25) is 5.91 Å². The molecule has 2 aromatic carbocycles. The van der Waals surface area contributed by atoms with Crippen molar-refractivity contribution in [3.8, 4) is 0 Å². The van der Waals surface area contributed by atoms with Gasteiger partial charge in [0.05, 0.1) is 0 Å². The maximum atomic E-state index is 12.7. The second-order valence-corrected chi connectivity index (χ2v) is 6.02. The molecule has 1 aliphatic rings. The molecule has 0 bridgehead atoms.